The molecule has 18 atom stereocenters. The number of aryl methyl sites for hydroxylation is 3. The van der Waals surface area contributed by atoms with Crippen molar-refractivity contribution in [2.45, 2.75) is 324 Å². The number of aliphatic hydroxyl groups excluding tert-OH is 2. The summed E-state index contributed by atoms with van der Waals surface area (Å²) in [5.41, 5.74) is 12.7. The van der Waals surface area contributed by atoms with Gasteiger partial charge < -0.3 is 29.5 Å². The summed E-state index contributed by atoms with van der Waals surface area (Å²) in [7, 11) is -2.30. The van der Waals surface area contributed by atoms with Gasteiger partial charge >= 0.3 is 0 Å². The molecule has 11 nitrogen and oxygen atoms in total. The highest BCUT2D eigenvalue weighted by atomic mass is 32.2. The maximum Gasteiger partial charge on any atom is 0.294 e. The summed E-state index contributed by atoms with van der Waals surface area (Å²) in [6, 6.07) is 20.9. The number of hydrogen-bond acceptors (Lipinski definition) is 10. The van der Waals surface area contributed by atoms with Gasteiger partial charge in [0, 0.05) is 29.1 Å². The highest BCUT2D eigenvalue weighted by molar-refractivity contribution is 7.85. The summed E-state index contributed by atoms with van der Waals surface area (Å²) in [4.78, 5) is 24.7. The van der Waals surface area contributed by atoms with Crippen molar-refractivity contribution in [2.24, 2.45) is 86.3 Å². The number of rotatable bonds is 10. The van der Waals surface area contributed by atoms with Crippen LogP contribution in [0, 0.1) is 93.2 Å². The van der Waals surface area contributed by atoms with Crippen LogP contribution >= 0.6 is 0 Å². The van der Waals surface area contributed by atoms with Gasteiger partial charge in [0.25, 0.3) is 10.1 Å². The van der Waals surface area contributed by atoms with E-state index in [9.17, 15) is 33.3 Å². The van der Waals surface area contributed by atoms with Crippen LogP contribution in [0.5, 0.6) is 5.75 Å². The lowest BCUT2D eigenvalue weighted by atomic mass is 9.43. The largest absolute Gasteiger partial charge is 0.497 e. The minimum absolute atomic E-state index is 0. The van der Waals surface area contributed by atoms with Crippen LogP contribution in [0.25, 0.3) is 6.08 Å². The van der Waals surface area contributed by atoms with E-state index in [2.05, 4.69) is 149 Å². The minimum Gasteiger partial charge on any atom is -0.497 e. The molecule has 4 N–H and O–H groups in total. The number of carbonyl (C=O) groups excluding carboxylic acids is 2. The zero-order valence-electron chi connectivity index (χ0n) is 67.9. The van der Waals surface area contributed by atoms with E-state index in [0.717, 1.165) is 137 Å². The lowest BCUT2D eigenvalue weighted by Crippen LogP contribution is -2.61. The van der Waals surface area contributed by atoms with Gasteiger partial charge in [-0.25, -0.2) is 0 Å². The van der Waals surface area contributed by atoms with Crippen molar-refractivity contribution >= 4 is 27.8 Å². The number of carbonyl (C=O) groups is 2. The van der Waals surface area contributed by atoms with Gasteiger partial charge in [0.15, 0.2) is 0 Å². The van der Waals surface area contributed by atoms with Gasteiger partial charge in [-0.1, -0.05) is 149 Å². The Bertz CT molecular complexity index is 3920. The van der Waals surface area contributed by atoms with E-state index in [4.69, 9.17) is 18.8 Å². The average Bonchev–Trinajstić information content (AvgIpc) is 0.753. The molecule has 13 aliphatic carbocycles. The molecule has 0 radical (unpaired) electrons. The van der Waals surface area contributed by atoms with Crippen LogP contribution in [-0.2, 0) is 48.6 Å². The number of aliphatic hydroxyl groups is 3. The van der Waals surface area contributed by atoms with Gasteiger partial charge in [0.05, 0.1) is 54.2 Å². The molecule has 0 heterocycles. The first-order valence-electron chi connectivity index (χ1n) is 42.3. The molecule has 0 spiro atoms. The molecule has 9 fully saturated rings. The Morgan fingerprint density at radius 3 is 1.87 bits per heavy atom. The maximum absolute atomic E-state index is 12.4. The van der Waals surface area contributed by atoms with Gasteiger partial charge in [-0.15, -0.1) is 0 Å². The third-order valence-electron chi connectivity index (χ3n) is 30.9. The van der Waals surface area contributed by atoms with Crippen molar-refractivity contribution in [1.29, 1.82) is 0 Å². The smallest absolute Gasteiger partial charge is 0.294 e. The second-order valence-electron chi connectivity index (χ2n) is 38.7. The van der Waals surface area contributed by atoms with Crippen molar-refractivity contribution in [2.75, 3.05) is 13.7 Å². The normalized spacial score (nSPS) is 36.6. The fourth-order valence-corrected chi connectivity index (χ4v) is 25.5. The molecule has 0 aliphatic heterocycles. The standard InChI is InChI=1S/C25H38O3.C24H34O2.C20H30O2.C19H26O.C7H8O3S.CH4/c1-24(2,3)28-23-12-11-22-21(19(14-16-26)13-15-25(22,23)4)10-9-18-7-6-8-20(17-18)27-5;1-23(2,3)26-22-10-9-21-20-8-7-17-13-16(15-25)5-6-18(17)14-19(20)11-12-24(21,22)4;1-3-19-10-4-5-11-20(19,22)13-8-14-15-6-7-17(21)18(15,2)12-9-16(14)19;1-19-11-10-15-12-14-5-3-2-4-13(14)6-7-16(15)17(19)8-9-18(19)20;1-6-2-4-7(5-3-6)11(8,9)10;/h6-8,14,17,21-23,26H,9-13,15-16H2,1-5H3;5-6,13-14,20-22,25H,7-12,15H2,1-4H3;4-5,14-16,22H,3,6-13H2,1-2H3;2-3,15-17H,4-12H2,1H3;2-5H,1H3,(H,8,9,10);1H4/b19-14+;;;;;/t21-,22+,23+,25+;20-,21+,22+,24+;14-,15-,16-,18-,19+,20-;15-,16-,17+,19+;;/m1101../s1. The van der Waals surface area contributed by atoms with E-state index in [0.29, 0.717) is 70.6 Å². The van der Waals surface area contributed by atoms with E-state index in [1.54, 1.807) is 36.0 Å². The number of ether oxygens (including phenoxy) is 3. The fraction of sp³-hybridized carbons (Fsp3) is 0.688. The molecule has 596 valence electrons. The summed E-state index contributed by atoms with van der Waals surface area (Å²) < 4.78 is 48.0. The zero-order valence-corrected chi connectivity index (χ0v) is 68.7. The SMILES string of the molecule is C.CC(C)(C)O[C@H]1CC[C@H]2[C@@H]3CCc4cc(CO)ccc4C=C3CC[C@]12C.CC[C@]12CC=CC[C@]1(O)CC[C@@H]1[C@@H]2CC[C@]2(C)C(=O)CC[C@@H]12.COc1cccc(CC[C@@H]2/C(=C/CO)CC[C@]3(C)[C@@H](OC(C)(C)C)CC[C@@H]23)c1.C[C@]12CC[C@@H]3CC4=C(CC=CC4)CC[C@H]3[C@@H]1CCC2=O.Cc1ccc(S(=O)(=O)O)cc1. The summed E-state index contributed by atoms with van der Waals surface area (Å²) in [6.45, 7) is 27.0. The number of benzene rings is 3. The summed E-state index contributed by atoms with van der Waals surface area (Å²) in [5, 5.41) is 30.5. The predicted molar refractivity (Wildman–Crippen MR) is 438 cm³/mol. The first-order valence-corrected chi connectivity index (χ1v) is 43.7. The Morgan fingerprint density at radius 2 is 1.23 bits per heavy atom. The molecule has 16 rings (SSSR count). The first-order chi connectivity index (χ1) is 50.7. The molecule has 0 amide bonds. The minimum atomic E-state index is -4.02. The fourth-order valence-electron chi connectivity index (χ4n) is 25.1. The highest BCUT2D eigenvalue weighted by Crippen LogP contribution is 2.68. The van der Waals surface area contributed by atoms with Gasteiger partial charge in [0.1, 0.15) is 17.3 Å². The van der Waals surface area contributed by atoms with Crippen LogP contribution in [0.15, 0.2) is 124 Å². The number of Topliss-reactive ketones (excluding diaryl/α,β-unsaturated/α-hetero) is 2. The van der Waals surface area contributed by atoms with Crippen molar-refractivity contribution in [3.63, 3.8) is 0 Å². The second-order valence-corrected chi connectivity index (χ2v) is 40.1. The van der Waals surface area contributed by atoms with E-state index in [1.165, 1.54) is 124 Å². The van der Waals surface area contributed by atoms with E-state index < -0.39 is 15.7 Å². The number of hydrogen-bond donors (Lipinski definition) is 4. The van der Waals surface area contributed by atoms with Gasteiger partial charge in [0.2, 0.25) is 0 Å². The van der Waals surface area contributed by atoms with Crippen LogP contribution < -0.4 is 4.74 Å². The van der Waals surface area contributed by atoms with Crippen LogP contribution in [0.3, 0.4) is 0 Å². The maximum atomic E-state index is 12.4. The van der Waals surface area contributed by atoms with Crippen molar-refractivity contribution in [3.05, 3.63) is 147 Å². The van der Waals surface area contributed by atoms with E-state index >= 15 is 0 Å². The van der Waals surface area contributed by atoms with Crippen molar-refractivity contribution in [1.82, 2.24) is 0 Å². The quantitative estimate of drug-likeness (QED) is 0.112. The third kappa shape index (κ3) is 17.3. The molecule has 13 aliphatic rings. The number of fused-ring (bicyclic) bond motifs is 13. The second kappa shape index (κ2) is 33.7. The summed E-state index contributed by atoms with van der Waals surface area (Å²) in [5.74, 6) is 8.90. The highest BCUT2D eigenvalue weighted by Gasteiger charge is 2.65. The van der Waals surface area contributed by atoms with Gasteiger partial charge in [-0.3, -0.25) is 14.1 Å². The summed E-state index contributed by atoms with van der Waals surface area (Å²) >= 11 is 0. The van der Waals surface area contributed by atoms with Crippen LogP contribution in [0.1, 0.15) is 291 Å². The molecule has 0 aromatic heterocycles. The zero-order chi connectivity index (χ0) is 76.7. The van der Waals surface area contributed by atoms with Gasteiger partial charge in [-0.05, 0) is 345 Å². The monoisotopic (exact) mass is 1500 g/mol. The lowest BCUT2D eigenvalue weighted by molar-refractivity contribution is -0.194. The predicted octanol–water partition coefficient (Wildman–Crippen LogP) is 22.1. The number of methoxy groups -OCH3 is 1. The van der Waals surface area contributed by atoms with Crippen LogP contribution in [-0.4, -0.2) is 82.6 Å². The molecule has 3 aromatic rings. The van der Waals surface area contributed by atoms with E-state index in [1.807, 2.05) is 13.0 Å². The molecule has 3 aromatic carbocycles. The molecular formula is C96H140O11S. The topological polar surface area (TPSA) is 177 Å². The van der Waals surface area contributed by atoms with Crippen LogP contribution in [0.4, 0.5) is 0 Å². The molecule has 0 saturated heterocycles. The Balaban J connectivity index is 0.000000137. The third-order valence-corrected chi connectivity index (χ3v) is 31.7. The molecule has 0 bridgehead atoms. The lowest BCUT2D eigenvalue weighted by Gasteiger charge is -2.63. The Kier molecular flexibility index (Phi) is 26.3. The molecule has 9 saturated carbocycles. The van der Waals surface area contributed by atoms with Crippen molar-refractivity contribution in [3.8, 4) is 5.75 Å². The Labute approximate surface area is 652 Å². The van der Waals surface area contributed by atoms with Crippen LogP contribution in [0.2, 0.25) is 0 Å². The molecule has 108 heavy (non-hydrogen) atoms. The number of allylic oxidation sites excluding steroid dienone is 7. The average molecular weight is 1500 g/mol. The molecular weight excluding hydrogens is 1360 g/mol. The van der Waals surface area contributed by atoms with E-state index in [-0.39, 0.29) is 58.4 Å². The number of ketones is 2. The Hall–Kier alpha value is -4.79. The Morgan fingerprint density at radius 1 is 0.602 bits per heavy atom. The molecule has 0 unspecified atom stereocenters. The first kappa shape index (κ1) is 84.1. The van der Waals surface area contributed by atoms with Crippen molar-refractivity contribution < 1.29 is 52.1 Å². The molecule has 12 heteroatoms. The summed E-state index contributed by atoms with van der Waals surface area (Å²) in [6.07, 6.45) is 48.7. The van der Waals surface area contributed by atoms with Gasteiger partial charge in [-0.2, -0.15) is 8.42 Å².